The molecule has 0 N–H and O–H groups in total. The minimum Gasteiger partial charge on any atom is -0.496 e. The van der Waals surface area contributed by atoms with Crippen molar-refractivity contribution in [3.05, 3.63) is 82.4 Å². The first-order valence-electron chi connectivity index (χ1n) is 8.03. The summed E-state index contributed by atoms with van der Waals surface area (Å²) in [5.41, 5.74) is 1.11. The zero-order chi connectivity index (χ0) is 19.6. The lowest BCUT2D eigenvalue weighted by Gasteiger charge is -2.08. The molecule has 0 atom stereocenters. The van der Waals surface area contributed by atoms with E-state index in [0.29, 0.717) is 23.7 Å². The van der Waals surface area contributed by atoms with Gasteiger partial charge in [0.2, 0.25) is 0 Å². The van der Waals surface area contributed by atoms with Crippen LogP contribution < -0.4 is 9.47 Å². The second-order valence-electron chi connectivity index (χ2n) is 5.36. The number of carbonyl (C=O) groups is 1. The van der Waals surface area contributed by atoms with Crippen LogP contribution >= 0.6 is 0 Å². The first kappa shape index (κ1) is 19.7. The van der Waals surface area contributed by atoms with Crippen LogP contribution in [0.15, 0.2) is 61.2 Å². The number of hydrogen-bond acceptors (Lipinski definition) is 6. The maximum atomic E-state index is 11.9. The van der Waals surface area contributed by atoms with E-state index in [1.54, 1.807) is 36.4 Å². The normalized spacial score (nSPS) is 10.4. The Hall–Kier alpha value is -3.61. The Labute approximate surface area is 156 Å². The molecule has 27 heavy (non-hydrogen) atoms. The molecule has 0 heterocycles. The standard InChI is InChI=1S/C20H19NO6/c1-3-12-26-18-8-4-15(5-9-18)6-11-20(22)27-14-16-13-17(21(23)24)7-10-19(16)25-2/h3-11,13H,1,12,14H2,2H3/b11-6+. The first-order chi connectivity index (χ1) is 13.0. The van der Waals surface area contributed by atoms with E-state index in [9.17, 15) is 14.9 Å². The van der Waals surface area contributed by atoms with E-state index in [1.807, 2.05) is 0 Å². The second kappa shape index (κ2) is 9.76. The summed E-state index contributed by atoms with van der Waals surface area (Å²) in [4.78, 5) is 22.2. The van der Waals surface area contributed by atoms with Gasteiger partial charge < -0.3 is 14.2 Å². The number of esters is 1. The van der Waals surface area contributed by atoms with Gasteiger partial charge >= 0.3 is 5.97 Å². The van der Waals surface area contributed by atoms with Gasteiger partial charge in [-0.3, -0.25) is 10.1 Å². The molecule has 0 aliphatic rings. The fraction of sp³-hybridized carbons (Fsp3) is 0.150. The fourth-order valence-corrected chi connectivity index (χ4v) is 2.18. The average Bonchev–Trinajstić information content (AvgIpc) is 2.69. The first-order valence-corrected chi connectivity index (χ1v) is 8.03. The number of nitro groups is 1. The number of ether oxygens (including phenoxy) is 3. The summed E-state index contributed by atoms with van der Waals surface area (Å²) in [6, 6.07) is 11.3. The van der Waals surface area contributed by atoms with E-state index in [-0.39, 0.29) is 12.3 Å². The highest BCUT2D eigenvalue weighted by atomic mass is 16.6. The van der Waals surface area contributed by atoms with Crippen LogP contribution in [0.3, 0.4) is 0 Å². The zero-order valence-corrected chi connectivity index (χ0v) is 14.8. The summed E-state index contributed by atoms with van der Waals surface area (Å²) in [6.07, 6.45) is 4.54. The molecule has 0 fully saturated rings. The number of nitro benzene ring substituents is 1. The number of benzene rings is 2. The van der Waals surface area contributed by atoms with E-state index < -0.39 is 10.9 Å². The second-order valence-corrected chi connectivity index (χ2v) is 5.36. The number of carbonyl (C=O) groups excluding carboxylic acids is 1. The van der Waals surface area contributed by atoms with E-state index in [4.69, 9.17) is 14.2 Å². The lowest BCUT2D eigenvalue weighted by Crippen LogP contribution is -2.03. The molecule has 0 saturated carbocycles. The van der Waals surface area contributed by atoms with Crippen LogP contribution in [-0.4, -0.2) is 24.6 Å². The lowest BCUT2D eigenvalue weighted by molar-refractivity contribution is -0.385. The molecule has 2 aromatic carbocycles. The lowest BCUT2D eigenvalue weighted by atomic mass is 10.2. The molecule has 140 valence electrons. The molecule has 0 aromatic heterocycles. The van der Waals surface area contributed by atoms with Crippen molar-refractivity contribution in [1.29, 1.82) is 0 Å². The largest absolute Gasteiger partial charge is 0.496 e. The van der Waals surface area contributed by atoms with E-state index >= 15 is 0 Å². The van der Waals surface area contributed by atoms with Crippen molar-refractivity contribution in [3.63, 3.8) is 0 Å². The third-order valence-electron chi connectivity index (χ3n) is 3.50. The molecule has 2 rings (SSSR count). The molecule has 2 aromatic rings. The maximum absolute atomic E-state index is 11.9. The third-order valence-corrected chi connectivity index (χ3v) is 3.50. The molecule has 7 nitrogen and oxygen atoms in total. The molecule has 0 aliphatic carbocycles. The van der Waals surface area contributed by atoms with E-state index in [1.165, 1.54) is 31.4 Å². The molecule has 7 heteroatoms. The van der Waals surface area contributed by atoms with Crippen molar-refractivity contribution in [2.75, 3.05) is 13.7 Å². The Morgan fingerprint density at radius 2 is 1.96 bits per heavy atom. The summed E-state index contributed by atoms with van der Waals surface area (Å²) in [6.45, 7) is 3.86. The molecule has 0 amide bonds. The minimum absolute atomic E-state index is 0.101. The number of nitrogens with zero attached hydrogens (tertiary/aromatic N) is 1. The van der Waals surface area contributed by atoms with Gasteiger partial charge in [-0.25, -0.2) is 4.79 Å². The van der Waals surface area contributed by atoms with E-state index in [2.05, 4.69) is 6.58 Å². The van der Waals surface area contributed by atoms with Crippen molar-refractivity contribution in [1.82, 2.24) is 0 Å². The van der Waals surface area contributed by atoms with Gasteiger partial charge in [0, 0.05) is 23.8 Å². The molecule has 0 bridgehead atoms. The van der Waals surface area contributed by atoms with Crippen LogP contribution in [-0.2, 0) is 16.1 Å². The minimum atomic E-state index is -0.574. The molecule has 0 radical (unpaired) electrons. The van der Waals surface area contributed by atoms with Gasteiger partial charge in [-0.15, -0.1) is 0 Å². The predicted octanol–water partition coefficient (Wildman–Crippen LogP) is 3.92. The SMILES string of the molecule is C=CCOc1ccc(/C=C/C(=O)OCc2cc([N+](=O)[O-])ccc2OC)cc1. The van der Waals surface area contributed by atoms with Crippen LogP contribution in [0.5, 0.6) is 11.5 Å². The van der Waals surface area contributed by atoms with Crippen LogP contribution in [0.1, 0.15) is 11.1 Å². The van der Waals surface area contributed by atoms with Crippen molar-refractivity contribution < 1.29 is 23.9 Å². The predicted molar refractivity (Wildman–Crippen MR) is 101 cm³/mol. The monoisotopic (exact) mass is 369 g/mol. The summed E-state index contributed by atoms with van der Waals surface area (Å²) in [5.74, 6) is 0.537. The smallest absolute Gasteiger partial charge is 0.331 e. The molecule has 0 unspecified atom stereocenters. The van der Waals surface area contributed by atoms with Crippen molar-refractivity contribution in [2.45, 2.75) is 6.61 Å². The Morgan fingerprint density at radius 3 is 2.59 bits per heavy atom. The topological polar surface area (TPSA) is 87.9 Å². The molecular weight excluding hydrogens is 350 g/mol. The van der Waals surface area contributed by atoms with Crippen molar-refractivity contribution in [2.24, 2.45) is 0 Å². The number of non-ortho nitro benzene ring substituents is 1. The van der Waals surface area contributed by atoms with Gasteiger partial charge in [0.1, 0.15) is 24.7 Å². The summed E-state index contributed by atoms with van der Waals surface area (Å²) in [7, 11) is 1.44. The highest BCUT2D eigenvalue weighted by Crippen LogP contribution is 2.24. The van der Waals surface area contributed by atoms with Crippen LogP contribution in [0.4, 0.5) is 5.69 Å². The number of methoxy groups -OCH3 is 1. The Balaban J connectivity index is 1.95. The number of hydrogen-bond donors (Lipinski definition) is 0. The average molecular weight is 369 g/mol. The molecule has 0 aliphatic heterocycles. The highest BCUT2D eigenvalue weighted by Gasteiger charge is 2.12. The summed E-state index contributed by atoms with van der Waals surface area (Å²) >= 11 is 0. The maximum Gasteiger partial charge on any atom is 0.331 e. The quantitative estimate of drug-likeness (QED) is 0.219. The van der Waals surface area contributed by atoms with Crippen LogP contribution in [0.2, 0.25) is 0 Å². The Kier molecular flexibility index (Phi) is 7.13. The van der Waals surface area contributed by atoms with Gasteiger partial charge in [0.15, 0.2) is 0 Å². The fourth-order valence-electron chi connectivity index (χ4n) is 2.18. The number of rotatable bonds is 9. The van der Waals surface area contributed by atoms with Gasteiger partial charge in [-0.2, -0.15) is 0 Å². The van der Waals surface area contributed by atoms with Crippen LogP contribution in [0.25, 0.3) is 6.08 Å². The van der Waals surface area contributed by atoms with E-state index in [0.717, 1.165) is 5.56 Å². The highest BCUT2D eigenvalue weighted by molar-refractivity contribution is 5.87. The molecule has 0 saturated heterocycles. The van der Waals surface area contributed by atoms with Gasteiger partial charge in [0.05, 0.1) is 12.0 Å². The Bertz CT molecular complexity index is 842. The Morgan fingerprint density at radius 1 is 1.22 bits per heavy atom. The molecule has 0 spiro atoms. The van der Waals surface area contributed by atoms with Gasteiger partial charge in [-0.05, 0) is 29.8 Å². The molecular formula is C20H19NO6. The van der Waals surface area contributed by atoms with Crippen molar-refractivity contribution in [3.8, 4) is 11.5 Å². The summed E-state index contributed by atoms with van der Waals surface area (Å²) in [5, 5.41) is 10.9. The van der Waals surface area contributed by atoms with Gasteiger partial charge in [0.25, 0.3) is 5.69 Å². The summed E-state index contributed by atoms with van der Waals surface area (Å²) < 4.78 is 15.6. The van der Waals surface area contributed by atoms with Crippen LogP contribution in [0, 0.1) is 10.1 Å². The third kappa shape index (κ3) is 6.00. The van der Waals surface area contributed by atoms with Crippen molar-refractivity contribution >= 4 is 17.7 Å². The zero-order valence-electron chi connectivity index (χ0n) is 14.8. The van der Waals surface area contributed by atoms with Gasteiger partial charge in [-0.1, -0.05) is 24.8 Å².